The summed E-state index contributed by atoms with van der Waals surface area (Å²) in [5, 5.41) is 12.1. The third-order valence-electron chi connectivity index (χ3n) is 4.69. The van der Waals surface area contributed by atoms with Crippen LogP contribution < -0.4 is 5.32 Å². The number of carboxylic acid groups (broad SMARTS) is 1. The maximum absolute atomic E-state index is 12.5. The third kappa shape index (κ3) is 4.07. The van der Waals surface area contributed by atoms with Crippen LogP contribution in [0.25, 0.3) is 0 Å². The summed E-state index contributed by atoms with van der Waals surface area (Å²) in [6, 6.07) is 8.78. The van der Waals surface area contributed by atoms with Gasteiger partial charge < -0.3 is 14.8 Å². The zero-order valence-corrected chi connectivity index (χ0v) is 15.1. The summed E-state index contributed by atoms with van der Waals surface area (Å²) >= 11 is 1.40. The van der Waals surface area contributed by atoms with Crippen LogP contribution in [0.3, 0.4) is 0 Å². The number of benzene rings is 1. The van der Waals surface area contributed by atoms with Crippen molar-refractivity contribution < 1.29 is 19.1 Å². The highest BCUT2D eigenvalue weighted by Gasteiger charge is 2.45. The van der Waals surface area contributed by atoms with Crippen LogP contribution in [0, 0.1) is 11.3 Å². The van der Waals surface area contributed by atoms with E-state index in [0.29, 0.717) is 35.0 Å². The highest BCUT2D eigenvalue weighted by atomic mass is 32.2. The van der Waals surface area contributed by atoms with Crippen molar-refractivity contribution in [1.82, 2.24) is 5.32 Å². The van der Waals surface area contributed by atoms with Gasteiger partial charge in [0.15, 0.2) is 0 Å². The predicted molar refractivity (Wildman–Crippen MR) is 95.9 cm³/mol. The monoisotopic (exact) mass is 359 g/mol. The molecule has 1 aliphatic carbocycles. The van der Waals surface area contributed by atoms with Crippen molar-refractivity contribution in [3.63, 3.8) is 0 Å². The fourth-order valence-electron chi connectivity index (χ4n) is 2.80. The standard InChI is InChI=1S/C19H21NO4S/c1-19(2)9-12(19)10-20-17(21)14-5-3-4-6-16(14)25-11-15-13(18(22)23)7-8-24-15/h3-8,12H,9-11H2,1-2H3,(H,20,21)(H,22,23). The first-order valence-corrected chi connectivity index (χ1v) is 9.17. The number of hydrogen-bond acceptors (Lipinski definition) is 4. The van der Waals surface area contributed by atoms with Gasteiger partial charge >= 0.3 is 5.97 Å². The molecule has 0 aliphatic heterocycles. The number of rotatable bonds is 7. The number of carbonyl (C=O) groups is 2. The molecule has 25 heavy (non-hydrogen) atoms. The van der Waals surface area contributed by atoms with Crippen molar-refractivity contribution in [3.8, 4) is 0 Å². The number of nitrogens with one attached hydrogen (secondary N) is 1. The zero-order valence-electron chi connectivity index (χ0n) is 14.2. The van der Waals surface area contributed by atoms with Gasteiger partial charge in [-0.1, -0.05) is 26.0 Å². The smallest absolute Gasteiger partial charge is 0.339 e. The van der Waals surface area contributed by atoms with E-state index in [0.717, 1.165) is 11.3 Å². The number of furan rings is 1. The Bertz CT molecular complexity index is 796. The first-order valence-electron chi connectivity index (χ1n) is 8.18. The first-order chi connectivity index (χ1) is 11.9. The van der Waals surface area contributed by atoms with Crippen LogP contribution in [0.5, 0.6) is 0 Å². The van der Waals surface area contributed by atoms with Gasteiger partial charge in [-0.2, -0.15) is 0 Å². The molecule has 0 saturated heterocycles. The summed E-state index contributed by atoms with van der Waals surface area (Å²) in [6.45, 7) is 5.10. The van der Waals surface area contributed by atoms with Crippen molar-refractivity contribution in [2.75, 3.05) is 6.54 Å². The summed E-state index contributed by atoms with van der Waals surface area (Å²) in [5.74, 6) is 0.185. The summed E-state index contributed by atoms with van der Waals surface area (Å²) in [5.41, 5.74) is 1.09. The van der Waals surface area contributed by atoms with Gasteiger partial charge in [-0.25, -0.2) is 4.79 Å². The van der Waals surface area contributed by atoms with Crippen LogP contribution in [-0.2, 0) is 5.75 Å². The lowest BCUT2D eigenvalue weighted by molar-refractivity contribution is 0.0694. The first kappa shape index (κ1) is 17.6. The van der Waals surface area contributed by atoms with Crippen LogP contribution in [-0.4, -0.2) is 23.5 Å². The van der Waals surface area contributed by atoms with E-state index in [1.54, 1.807) is 6.07 Å². The highest BCUT2D eigenvalue weighted by Crippen LogP contribution is 2.51. The van der Waals surface area contributed by atoms with Gasteiger partial charge in [0, 0.05) is 11.4 Å². The Labute approximate surface area is 150 Å². The third-order valence-corrected chi connectivity index (χ3v) is 5.77. The molecule has 1 amide bonds. The SMILES string of the molecule is CC1(C)CC1CNC(=O)c1ccccc1SCc1occc1C(=O)O. The molecule has 0 radical (unpaired) electrons. The quantitative estimate of drug-likeness (QED) is 0.729. The Morgan fingerprint density at radius 2 is 2.00 bits per heavy atom. The molecular formula is C19H21NO4S. The number of carbonyl (C=O) groups excluding carboxylic acids is 1. The van der Waals surface area contributed by atoms with Crippen molar-refractivity contribution in [2.24, 2.45) is 11.3 Å². The average Bonchev–Trinajstić information content (AvgIpc) is 2.98. The van der Waals surface area contributed by atoms with Gasteiger partial charge in [0.1, 0.15) is 11.3 Å². The second kappa shape index (κ2) is 6.96. The predicted octanol–water partition coefficient (Wildman–Crippen LogP) is 4.05. The van der Waals surface area contributed by atoms with Crippen LogP contribution in [0.4, 0.5) is 0 Å². The second-order valence-electron chi connectivity index (χ2n) is 6.95. The number of aromatic carboxylic acids is 1. The van der Waals surface area contributed by atoms with Crippen molar-refractivity contribution in [2.45, 2.75) is 30.9 Å². The second-order valence-corrected chi connectivity index (χ2v) is 7.96. The highest BCUT2D eigenvalue weighted by molar-refractivity contribution is 7.98. The van der Waals surface area contributed by atoms with Gasteiger partial charge in [-0.3, -0.25) is 4.79 Å². The van der Waals surface area contributed by atoms with Gasteiger partial charge in [0.05, 0.1) is 17.6 Å². The molecule has 1 aromatic heterocycles. The largest absolute Gasteiger partial charge is 0.478 e. The number of thioether (sulfide) groups is 1. The normalized spacial score (nSPS) is 17.9. The topological polar surface area (TPSA) is 79.5 Å². The molecule has 1 atom stereocenters. The van der Waals surface area contributed by atoms with E-state index in [4.69, 9.17) is 9.52 Å². The Balaban J connectivity index is 1.65. The minimum Gasteiger partial charge on any atom is -0.478 e. The minimum absolute atomic E-state index is 0.0938. The van der Waals surface area contributed by atoms with E-state index in [2.05, 4.69) is 19.2 Å². The molecule has 0 spiro atoms. The van der Waals surface area contributed by atoms with E-state index >= 15 is 0 Å². The van der Waals surface area contributed by atoms with Gasteiger partial charge in [0.2, 0.25) is 0 Å². The fraction of sp³-hybridized carbons (Fsp3) is 0.368. The maximum atomic E-state index is 12.5. The number of hydrogen-bond donors (Lipinski definition) is 2. The van der Waals surface area contributed by atoms with Crippen molar-refractivity contribution in [3.05, 3.63) is 53.5 Å². The zero-order chi connectivity index (χ0) is 18.0. The van der Waals surface area contributed by atoms with Crippen LogP contribution in [0.15, 0.2) is 45.9 Å². The Morgan fingerprint density at radius 1 is 1.28 bits per heavy atom. The molecule has 1 heterocycles. The molecule has 1 aliphatic rings. The maximum Gasteiger partial charge on any atom is 0.339 e. The van der Waals surface area contributed by atoms with Crippen LogP contribution in [0.1, 0.15) is 46.7 Å². The molecule has 1 fully saturated rings. The van der Waals surface area contributed by atoms with E-state index in [9.17, 15) is 9.59 Å². The lowest BCUT2D eigenvalue weighted by Gasteiger charge is -2.10. The minimum atomic E-state index is -1.01. The van der Waals surface area contributed by atoms with Crippen molar-refractivity contribution in [1.29, 1.82) is 0 Å². The van der Waals surface area contributed by atoms with E-state index in [1.807, 2.05) is 18.2 Å². The Kier molecular flexibility index (Phi) is 4.90. The van der Waals surface area contributed by atoms with E-state index in [1.165, 1.54) is 24.1 Å². The Morgan fingerprint density at radius 3 is 2.68 bits per heavy atom. The lowest BCUT2D eigenvalue weighted by atomic mass is 10.1. The average molecular weight is 359 g/mol. The molecule has 2 N–H and O–H groups in total. The molecule has 2 aromatic rings. The van der Waals surface area contributed by atoms with Gasteiger partial charge in [-0.05, 0) is 36.0 Å². The fourth-order valence-corrected chi connectivity index (χ4v) is 3.80. The molecule has 1 aromatic carbocycles. The molecule has 132 valence electrons. The molecule has 6 heteroatoms. The van der Waals surface area contributed by atoms with Gasteiger partial charge in [-0.15, -0.1) is 11.8 Å². The van der Waals surface area contributed by atoms with E-state index < -0.39 is 5.97 Å². The molecular weight excluding hydrogens is 338 g/mol. The molecule has 1 saturated carbocycles. The summed E-state index contributed by atoms with van der Waals surface area (Å²) in [4.78, 5) is 24.5. The van der Waals surface area contributed by atoms with Crippen molar-refractivity contribution >= 4 is 23.6 Å². The van der Waals surface area contributed by atoms with Gasteiger partial charge in [0.25, 0.3) is 5.91 Å². The van der Waals surface area contributed by atoms with Crippen LogP contribution >= 0.6 is 11.8 Å². The molecule has 0 bridgehead atoms. The molecule has 5 nitrogen and oxygen atoms in total. The summed E-state index contributed by atoms with van der Waals surface area (Å²) < 4.78 is 5.26. The van der Waals surface area contributed by atoms with E-state index in [-0.39, 0.29) is 11.5 Å². The molecule has 3 rings (SSSR count). The lowest BCUT2D eigenvalue weighted by Crippen LogP contribution is -2.27. The number of carboxylic acids is 1. The number of amides is 1. The van der Waals surface area contributed by atoms with Crippen LogP contribution in [0.2, 0.25) is 0 Å². The Hall–Kier alpha value is -2.21. The summed E-state index contributed by atoms with van der Waals surface area (Å²) in [6.07, 6.45) is 2.51. The molecule has 1 unspecified atom stereocenters. The summed E-state index contributed by atoms with van der Waals surface area (Å²) in [7, 11) is 0.